The number of nitrogens with one attached hydrogen (secondary N) is 1. The van der Waals surface area contributed by atoms with Gasteiger partial charge in [-0.05, 0) is 92.4 Å². The molecule has 4 aliphatic rings. The molecular weight excluding hydrogens is 432 g/mol. The average Bonchev–Trinajstić information content (AvgIpc) is 2.75. The highest BCUT2D eigenvalue weighted by Gasteiger charge is 2.53. The van der Waals surface area contributed by atoms with Crippen molar-refractivity contribution in [2.45, 2.75) is 58.1 Å². The van der Waals surface area contributed by atoms with Crippen molar-refractivity contribution in [1.29, 1.82) is 0 Å². The summed E-state index contributed by atoms with van der Waals surface area (Å²) >= 11 is 0. The Labute approximate surface area is 192 Å². The third-order valence-corrected chi connectivity index (χ3v) is 7.54. The van der Waals surface area contributed by atoms with Crippen molar-refractivity contribution in [3.8, 4) is 11.5 Å². The van der Waals surface area contributed by atoms with Crippen LogP contribution in [-0.2, 0) is 14.3 Å². The number of benzene rings is 1. The molecule has 0 aliphatic heterocycles. The molecule has 1 amide bonds. The van der Waals surface area contributed by atoms with E-state index >= 15 is 0 Å². The zero-order valence-corrected chi connectivity index (χ0v) is 19.0. The Morgan fingerprint density at radius 3 is 2.33 bits per heavy atom. The zero-order chi connectivity index (χ0) is 23.6. The van der Waals surface area contributed by atoms with Gasteiger partial charge in [0.2, 0.25) is 0 Å². The van der Waals surface area contributed by atoms with Gasteiger partial charge in [-0.25, -0.2) is 4.79 Å². The molecule has 4 saturated carbocycles. The molecule has 4 fully saturated rings. The summed E-state index contributed by atoms with van der Waals surface area (Å²) in [5.41, 5.74) is 0.721. The number of amides is 1. The van der Waals surface area contributed by atoms with E-state index in [1.807, 2.05) is 0 Å². The van der Waals surface area contributed by atoms with Crippen molar-refractivity contribution >= 4 is 18.0 Å². The first-order valence-corrected chi connectivity index (χ1v) is 11.5. The first-order valence-electron chi connectivity index (χ1n) is 11.5. The number of carbonyl (C=O) groups excluding carboxylic acids is 2. The van der Waals surface area contributed by atoms with E-state index in [1.54, 1.807) is 0 Å². The van der Waals surface area contributed by atoms with Gasteiger partial charge in [0.15, 0.2) is 18.1 Å². The van der Waals surface area contributed by atoms with Crippen molar-refractivity contribution in [2.24, 2.45) is 23.2 Å². The summed E-state index contributed by atoms with van der Waals surface area (Å²) in [6, 6.07) is 4.36. The molecule has 33 heavy (non-hydrogen) atoms. The molecule has 0 saturated heterocycles. The SMILES string of the molecule is COc1cc(/C=C/C(=O)OCC(=O)NC(C)C23CC4CC(CC(C4)C2)C3)ccc1OC(F)F. The quantitative estimate of drug-likeness (QED) is 0.429. The average molecular weight is 464 g/mol. The fraction of sp³-hybridized carbons (Fsp3) is 0.600. The number of alkyl halides is 2. The highest BCUT2D eigenvalue weighted by molar-refractivity contribution is 5.89. The highest BCUT2D eigenvalue weighted by atomic mass is 19.3. The van der Waals surface area contributed by atoms with Gasteiger partial charge in [0, 0.05) is 12.1 Å². The minimum atomic E-state index is -2.97. The van der Waals surface area contributed by atoms with Crippen molar-refractivity contribution in [3.63, 3.8) is 0 Å². The van der Waals surface area contributed by atoms with Gasteiger partial charge in [-0.1, -0.05) is 6.07 Å². The maximum absolute atomic E-state index is 12.4. The third kappa shape index (κ3) is 5.47. The summed E-state index contributed by atoms with van der Waals surface area (Å²) in [7, 11) is 1.33. The van der Waals surface area contributed by atoms with Crippen LogP contribution in [0.15, 0.2) is 24.3 Å². The fourth-order valence-corrected chi connectivity index (χ4v) is 6.47. The van der Waals surface area contributed by atoms with Crippen LogP contribution >= 0.6 is 0 Å². The Bertz CT molecular complexity index is 881. The van der Waals surface area contributed by atoms with Crippen LogP contribution in [0.4, 0.5) is 8.78 Å². The third-order valence-electron chi connectivity index (χ3n) is 7.54. The molecule has 0 heterocycles. The van der Waals surface area contributed by atoms with Gasteiger partial charge in [0.1, 0.15) is 0 Å². The van der Waals surface area contributed by atoms with Crippen LogP contribution < -0.4 is 14.8 Å². The summed E-state index contributed by atoms with van der Waals surface area (Å²) in [4.78, 5) is 24.5. The molecule has 1 aromatic carbocycles. The summed E-state index contributed by atoms with van der Waals surface area (Å²) in [5, 5.41) is 3.07. The highest BCUT2D eigenvalue weighted by Crippen LogP contribution is 2.61. The van der Waals surface area contributed by atoms with E-state index < -0.39 is 12.6 Å². The molecule has 6 nitrogen and oxygen atoms in total. The van der Waals surface area contributed by atoms with Gasteiger partial charge in [-0.3, -0.25) is 4.79 Å². The lowest BCUT2D eigenvalue weighted by atomic mass is 9.48. The lowest BCUT2D eigenvalue weighted by Crippen LogP contribution is -2.56. The normalized spacial score (nSPS) is 28.7. The van der Waals surface area contributed by atoms with E-state index in [2.05, 4.69) is 17.0 Å². The van der Waals surface area contributed by atoms with Crippen LogP contribution in [0.2, 0.25) is 0 Å². The number of hydrogen-bond donors (Lipinski definition) is 1. The lowest BCUT2D eigenvalue weighted by molar-refractivity contribution is -0.145. The maximum atomic E-state index is 12.4. The number of ether oxygens (including phenoxy) is 3. The number of hydrogen-bond acceptors (Lipinski definition) is 5. The minimum absolute atomic E-state index is 0.0640. The molecule has 1 atom stereocenters. The second-order valence-electron chi connectivity index (χ2n) is 9.80. The van der Waals surface area contributed by atoms with E-state index in [1.165, 1.54) is 76.0 Å². The van der Waals surface area contributed by atoms with Crippen LogP contribution in [0.5, 0.6) is 11.5 Å². The lowest BCUT2D eigenvalue weighted by Gasteiger charge is -2.59. The fourth-order valence-electron chi connectivity index (χ4n) is 6.47. The molecule has 1 aromatic rings. The maximum Gasteiger partial charge on any atom is 0.387 e. The van der Waals surface area contributed by atoms with Crippen LogP contribution in [0.1, 0.15) is 51.0 Å². The van der Waals surface area contributed by atoms with Crippen LogP contribution in [0.25, 0.3) is 6.08 Å². The number of rotatable bonds is 9. The standard InChI is InChI=1S/C25H31F2NO5/c1-15(25-11-17-7-18(12-25)9-19(8-17)13-25)28-22(29)14-32-23(30)6-4-16-3-5-20(33-24(26)27)21(10-16)31-2/h3-6,10,15,17-19,24H,7-9,11-14H2,1-2H3,(H,28,29)/b6-4+. The number of halogens is 2. The molecule has 1 N–H and O–H groups in total. The molecule has 4 aliphatic carbocycles. The monoisotopic (exact) mass is 463 g/mol. The van der Waals surface area contributed by atoms with E-state index in [0.29, 0.717) is 5.56 Å². The molecule has 5 rings (SSSR count). The smallest absolute Gasteiger partial charge is 0.387 e. The van der Waals surface area contributed by atoms with Crippen molar-refractivity contribution < 1.29 is 32.6 Å². The van der Waals surface area contributed by atoms with E-state index in [9.17, 15) is 18.4 Å². The molecule has 0 radical (unpaired) electrons. The van der Waals surface area contributed by atoms with Crippen molar-refractivity contribution in [3.05, 3.63) is 29.8 Å². The van der Waals surface area contributed by atoms with Crippen molar-refractivity contribution in [1.82, 2.24) is 5.32 Å². The largest absolute Gasteiger partial charge is 0.493 e. The van der Waals surface area contributed by atoms with Crippen LogP contribution in [-0.4, -0.2) is 38.2 Å². The number of carbonyl (C=O) groups is 2. The first kappa shape index (κ1) is 23.5. The number of methoxy groups -OCH3 is 1. The van der Waals surface area contributed by atoms with Gasteiger partial charge in [0.05, 0.1) is 7.11 Å². The first-order chi connectivity index (χ1) is 15.8. The molecule has 180 valence electrons. The molecule has 0 spiro atoms. The predicted octanol–water partition coefficient (Wildman–Crippen LogP) is 4.57. The second-order valence-corrected chi connectivity index (χ2v) is 9.80. The van der Waals surface area contributed by atoms with Crippen LogP contribution in [0.3, 0.4) is 0 Å². The molecule has 0 aromatic heterocycles. The van der Waals surface area contributed by atoms with Crippen LogP contribution in [0, 0.1) is 23.2 Å². The molecule has 8 heteroatoms. The molecule has 4 bridgehead atoms. The topological polar surface area (TPSA) is 73.9 Å². The minimum Gasteiger partial charge on any atom is -0.493 e. The summed E-state index contributed by atoms with van der Waals surface area (Å²) in [6.45, 7) is -1.22. The Hall–Kier alpha value is -2.64. The Morgan fingerprint density at radius 2 is 1.76 bits per heavy atom. The summed E-state index contributed by atoms with van der Waals surface area (Å²) in [6.07, 6.45) is 10.2. The second kappa shape index (κ2) is 9.69. The Balaban J connectivity index is 1.26. The van der Waals surface area contributed by atoms with E-state index in [0.717, 1.165) is 17.8 Å². The van der Waals surface area contributed by atoms with Crippen molar-refractivity contribution in [2.75, 3.05) is 13.7 Å². The predicted molar refractivity (Wildman–Crippen MR) is 118 cm³/mol. The summed E-state index contributed by atoms with van der Waals surface area (Å²) in [5.74, 6) is 1.45. The molecular formula is C25H31F2NO5. The van der Waals surface area contributed by atoms with Gasteiger partial charge in [-0.2, -0.15) is 8.78 Å². The number of esters is 1. The van der Waals surface area contributed by atoms with Gasteiger partial charge in [-0.15, -0.1) is 0 Å². The summed E-state index contributed by atoms with van der Waals surface area (Å²) < 4.78 is 39.3. The molecule has 1 unspecified atom stereocenters. The van der Waals surface area contributed by atoms with E-state index in [4.69, 9.17) is 9.47 Å². The van der Waals surface area contributed by atoms with Gasteiger partial charge in [0.25, 0.3) is 5.91 Å². The van der Waals surface area contributed by atoms with Gasteiger partial charge < -0.3 is 19.5 Å². The zero-order valence-electron chi connectivity index (χ0n) is 19.0. The van der Waals surface area contributed by atoms with E-state index in [-0.39, 0.29) is 35.5 Å². The Morgan fingerprint density at radius 1 is 1.12 bits per heavy atom. The Kier molecular flexibility index (Phi) is 6.91. The van der Waals surface area contributed by atoms with Gasteiger partial charge >= 0.3 is 12.6 Å².